The van der Waals surface area contributed by atoms with Gasteiger partial charge in [-0.25, -0.2) is 4.79 Å². The molecule has 13 nitrogen and oxygen atoms in total. The molecule has 1 aliphatic carbocycles. The van der Waals surface area contributed by atoms with Crippen LogP contribution in [0, 0.1) is 29.6 Å². The maximum Gasteiger partial charge on any atom is 0.329 e. The molecule has 0 radical (unpaired) electrons. The Hall–Kier alpha value is -2.68. The number of ether oxygens (including phenoxy) is 5. The smallest absolute Gasteiger partial charge is 0.329 e. The van der Waals surface area contributed by atoms with Crippen LogP contribution in [0.5, 0.6) is 0 Å². The number of oxime groups is 1. The van der Waals surface area contributed by atoms with Crippen molar-refractivity contribution in [3.63, 3.8) is 0 Å². The summed E-state index contributed by atoms with van der Waals surface area (Å²) in [6.45, 7) is 18.1. The van der Waals surface area contributed by atoms with Crippen LogP contribution >= 0.6 is 0 Å². The number of ketones is 1. The number of aliphatic hydroxyl groups excluding tert-OH is 2. The molecule has 3 fully saturated rings. The van der Waals surface area contributed by atoms with Crippen molar-refractivity contribution in [2.45, 2.75) is 193 Å². The van der Waals surface area contributed by atoms with Crippen molar-refractivity contribution in [2.24, 2.45) is 34.7 Å². The maximum atomic E-state index is 14.5. The third-order valence-electron chi connectivity index (χ3n) is 13.2. The number of aliphatic hydroxyl groups is 2. The number of fused-ring (bicyclic) bond motifs is 3. The summed E-state index contributed by atoms with van der Waals surface area (Å²) in [5, 5.41) is 27.4. The summed E-state index contributed by atoms with van der Waals surface area (Å²) in [6.07, 6.45) is 5.48. The number of Topliss-reactive ketones (excluding diaryl/α,β-unsaturated/α-hetero) is 1. The third kappa shape index (κ3) is 13.2. The van der Waals surface area contributed by atoms with E-state index < -0.39 is 71.8 Å². The van der Waals surface area contributed by atoms with Crippen LogP contribution < -0.4 is 0 Å². The first-order valence-electron chi connectivity index (χ1n) is 22.6. The fourth-order valence-electron chi connectivity index (χ4n) is 9.72. The van der Waals surface area contributed by atoms with Gasteiger partial charge in [-0.05, 0) is 122 Å². The molecule has 2 bridgehead atoms. The zero-order valence-corrected chi connectivity index (χ0v) is 38.7. The Bertz CT molecular complexity index is 1520. The van der Waals surface area contributed by atoms with Crippen molar-refractivity contribution < 1.29 is 53.1 Å². The Kier molecular flexibility index (Phi) is 18.8. The number of cyclic esters (lactones) is 1. The van der Waals surface area contributed by atoms with E-state index in [1.807, 2.05) is 41.5 Å². The van der Waals surface area contributed by atoms with Gasteiger partial charge in [0.05, 0.1) is 36.2 Å². The number of hydrogen-bond donors (Lipinski definition) is 2. The lowest BCUT2D eigenvalue weighted by Gasteiger charge is -2.43. The standard InChI is InChI=1S/C47H78N2O11/c1-13-33-21-27(2)20-28(3)22-39(56-11)44-40(57-12)24-30(5)43(58-44)41(52)45(53)49-19-15-14-16-35(49)46(54)59-42(29(4)23-32-17-18-36(50)38(25-32)55-10)31(6)37(51)26-34(33)48-60-47(7,8)9/h21,23,28,30-33,35-40,42-44,50-51H,13-20,22,24-26H2,1-12H3/b27-21+,29-23+,48-34-/t28-,30+,31+,32-,33+,35-,36+,37-,38+,39-,40-,42+,43?,44+/m0/s1. The molecule has 1 amide bonds. The van der Waals surface area contributed by atoms with E-state index in [1.54, 1.807) is 21.3 Å². The predicted molar refractivity (Wildman–Crippen MR) is 230 cm³/mol. The minimum atomic E-state index is -1.03. The monoisotopic (exact) mass is 847 g/mol. The number of rotatable bonds is 7. The number of esters is 1. The molecular formula is C47H78N2O11. The van der Waals surface area contributed by atoms with Gasteiger partial charge in [0, 0.05) is 46.1 Å². The Morgan fingerprint density at radius 3 is 2.22 bits per heavy atom. The molecule has 13 heteroatoms. The largest absolute Gasteiger partial charge is 0.456 e. The fourth-order valence-corrected chi connectivity index (χ4v) is 9.72. The van der Waals surface area contributed by atoms with Gasteiger partial charge in [-0.15, -0.1) is 0 Å². The Morgan fingerprint density at radius 1 is 0.917 bits per heavy atom. The van der Waals surface area contributed by atoms with Gasteiger partial charge >= 0.3 is 5.97 Å². The SMILES string of the molecule is CC[C@@H]1/C=C(\C)C[C@H](C)C[C@H](OC)[C@H]2OC(C(=O)C(=O)N3CCCC[C@H]3C(=O)O[C@H](/C(C)=C/[C@@H]3CC[C@@H](O)[C@H](OC)C3)[C@H](C)[C@@H](O)C/C1=N/OC(C)(C)C)[C@H](C)C[C@@H]2OC. The van der Waals surface area contributed by atoms with Crippen molar-refractivity contribution >= 4 is 23.4 Å². The first-order chi connectivity index (χ1) is 28.3. The molecule has 4 aliphatic rings. The van der Waals surface area contributed by atoms with Crippen molar-refractivity contribution in [2.75, 3.05) is 27.9 Å². The number of amides is 1. The second kappa shape index (κ2) is 22.6. The second-order valence-corrected chi connectivity index (χ2v) is 19.3. The summed E-state index contributed by atoms with van der Waals surface area (Å²) in [5.74, 6) is -2.92. The molecule has 3 aliphatic heterocycles. The van der Waals surface area contributed by atoms with Gasteiger partial charge in [0.2, 0.25) is 5.78 Å². The number of nitrogens with zero attached hydrogens (tertiary/aromatic N) is 2. The highest BCUT2D eigenvalue weighted by Gasteiger charge is 2.48. The Morgan fingerprint density at radius 2 is 1.58 bits per heavy atom. The lowest BCUT2D eigenvalue weighted by atomic mass is 9.81. The molecular weight excluding hydrogens is 769 g/mol. The van der Waals surface area contributed by atoms with E-state index in [0.29, 0.717) is 50.7 Å². The van der Waals surface area contributed by atoms with E-state index in [2.05, 4.69) is 32.9 Å². The molecule has 342 valence electrons. The van der Waals surface area contributed by atoms with Crippen molar-refractivity contribution in [1.82, 2.24) is 4.90 Å². The first kappa shape index (κ1) is 50.0. The van der Waals surface area contributed by atoms with E-state index >= 15 is 0 Å². The van der Waals surface area contributed by atoms with Crippen LogP contribution in [0.2, 0.25) is 0 Å². The fraction of sp³-hybridized carbons (Fsp3) is 0.830. The van der Waals surface area contributed by atoms with Crippen LogP contribution in [0.1, 0.15) is 133 Å². The summed E-state index contributed by atoms with van der Waals surface area (Å²) in [4.78, 5) is 50.4. The maximum absolute atomic E-state index is 14.5. The van der Waals surface area contributed by atoms with Crippen LogP contribution in [0.15, 0.2) is 28.5 Å². The number of carbonyl (C=O) groups is 3. The third-order valence-corrected chi connectivity index (χ3v) is 13.2. The van der Waals surface area contributed by atoms with Gasteiger partial charge in [0.1, 0.15) is 30.0 Å². The number of methoxy groups -OCH3 is 3. The summed E-state index contributed by atoms with van der Waals surface area (Å²) in [7, 11) is 4.87. The van der Waals surface area contributed by atoms with E-state index in [-0.39, 0.29) is 48.8 Å². The highest BCUT2D eigenvalue weighted by atomic mass is 16.6. The van der Waals surface area contributed by atoms with Gasteiger partial charge in [0.15, 0.2) is 0 Å². The topological polar surface area (TPSA) is 163 Å². The lowest BCUT2D eigenvalue weighted by molar-refractivity contribution is -0.199. The van der Waals surface area contributed by atoms with Crippen molar-refractivity contribution in [1.29, 1.82) is 0 Å². The van der Waals surface area contributed by atoms with Crippen LogP contribution in [-0.4, -0.2) is 127 Å². The predicted octanol–water partition coefficient (Wildman–Crippen LogP) is 6.75. The van der Waals surface area contributed by atoms with E-state index in [9.17, 15) is 24.6 Å². The highest BCUT2D eigenvalue weighted by molar-refractivity contribution is 6.38. The molecule has 4 rings (SSSR count). The summed E-state index contributed by atoms with van der Waals surface area (Å²) < 4.78 is 30.6. The molecule has 60 heavy (non-hydrogen) atoms. The molecule has 2 saturated heterocycles. The quantitative estimate of drug-likeness (QED) is 0.121. The molecule has 0 aromatic carbocycles. The molecule has 2 N–H and O–H groups in total. The molecule has 0 aromatic rings. The number of carbonyl (C=O) groups excluding carboxylic acids is 3. The summed E-state index contributed by atoms with van der Waals surface area (Å²) >= 11 is 0. The average Bonchev–Trinajstić information content (AvgIpc) is 3.21. The summed E-state index contributed by atoms with van der Waals surface area (Å²) in [5.41, 5.74) is 2.03. The van der Waals surface area contributed by atoms with Gasteiger partial charge in [-0.1, -0.05) is 50.6 Å². The minimum absolute atomic E-state index is 0.0471. The lowest BCUT2D eigenvalue weighted by Crippen LogP contribution is -2.58. The highest BCUT2D eigenvalue weighted by Crippen LogP contribution is 2.36. The average molecular weight is 847 g/mol. The van der Waals surface area contributed by atoms with Gasteiger partial charge in [-0.3, -0.25) is 9.59 Å². The minimum Gasteiger partial charge on any atom is -0.456 e. The normalized spacial score (nSPS) is 39.3. The molecule has 0 spiro atoms. The summed E-state index contributed by atoms with van der Waals surface area (Å²) in [6, 6.07) is -0.990. The van der Waals surface area contributed by atoms with Gasteiger partial charge in [-0.2, -0.15) is 0 Å². The van der Waals surface area contributed by atoms with Crippen molar-refractivity contribution in [3.8, 4) is 0 Å². The van der Waals surface area contributed by atoms with Crippen LogP contribution in [0.4, 0.5) is 0 Å². The van der Waals surface area contributed by atoms with Crippen LogP contribution in [0.25, 0.3) is 0 Å². The number of allylic oxidation sites excluding steroid dienone is 3. The van der Waals surface area contributed by atoms with Gasteiger partial charge in [0.25, 0.3) is 5.91 Å². The van der Waals surface area contributed by atoms with E-state index in [4.69, 9.17) is 33.7 Å². The zero-order chi connectivity index (χ0) is 44.5. The Labute approximate surface area is 359 Å². The van der Waals surface area contributed by atoms with Crippen molar-refractivity contribution in [3.05, 3.63) is 23.3 Å². The van der Waals surface area contributed by atoms with E-state index in [1.165, 1.54) is 4.90 Å². The Balaban J connectivity index is 1.81. The molecule has 1 saturated carbocycles. The van der Waals surface area contributed by atoms with Crippen LogP contribution in [-0.2, 0) is 42.9 Å². The molecule has 1 unspecified atom stereocenters. The number of hydrogen-bond acceptors (Lipinski definition) is 12. The first-order valence-corrected chi connectivity index (χ1v) is 22.6. The molecule has 3 heterocycles. The van der Waals surface area contributed by atoms with E-state index in [0.717, 1.165) is 30.4 Å². The molecule has 0 aromatic heterocycles. The second-order valence-electron chi connectivity index (χ2n) is 19.3. The van der Waals surface area contributed by atoms with Crippen LogP contribution in [0.3, 0.4) is 0 Å². The molecule has 14 atom stereocenters. The number of piperidine rings is 1. The zero-order valence-electron chi connectivity index (χ0n) is 38.7. The van der Waals surface area contributed by atoms with Gasteiger partial charge < -0.3 is 43.6 Å².